The van der Waals surface area contributed by atoms with Gasteiger partial charge in [-0.15, -0.1) is 11.3 Å². The first-order valence-electron chi connectivity index (χ1n) is 10.1. The molecular weight excluding hydrogens is 416 g/mol. The van der Waals surface area contributed by atoms with Crippen molar-refractivity contribution >= 4 is 39.2 Å². The fourth-order valence-electron chi connectivity index (χ4n) is 3.59. The molecule has 1 fully saturated rings. The van der Waals surface area contributed by atoms with Gasteiger partial charge in [-0.25, -0.2) is 9.97 Å². The van der Waals surface area contributed by atoms with Gasteiger partial charge in [0.1, 0.15) is 16.2 Å². The van der Waals surface area contributed by atoms with Crippen LogP contribution in [0.25, 0.3) is 10.2 Å². The summed E-state index contributed by atoms with van der Waals surface area (Å²) >= 11 is 3.15. The molecule has 1 unspecified atom stereocenters. The lowest BCUT2D eigenvalue weighted by Gasteiger charge is -2.31. The Morgan fingerprint density at radius 2 is 2.00 bits per heavy atom. The number of morpholine rings is 1. The molecule has 0 saturated carbocycles. The van der Waals surface area contributed by atoms with Crippen molar-refractivity contribution in [2.45, 2.75) is 24.9 Å². The number of fused-ring (bicyclic) bond motifs is 1. The van der Waals surface area contributed by atoms with Crippen LogP contribution in [0.3, 0.4) is 0 Å². The molecule has 158 valence electrons. The van der Waals surface area contributed by atoms with E-state index in [1.54, 1.807) is 17.7 Å². The molecule has 1 atom stereocenters. The van der Waals surface area contributed by atoms with Crippen LogP contribution < -0.4 is 5.32 Å². The van der Waals surface area contributed by atoms with Gasteiger partial charge in [-0.1, -0.05) is 42.1 Å². The molecule has 4 rings (SSSR count). The number of thiophene rings is 1. The predicted molar refractivity (Wildman–Crippen MR) is 122 cm³/mol. The smallest absolute Gasteiger partial charge is 0.230 e. The highest BCUT2D eigenvalue weighted by molar-refractivity contribution is 8.00. The van der Waals surface area contributed by atoms with E-state index in [1.165, 1.54) is 22.2 Å². The number of nitrogens with one attached hydrogen (secondary N) is 1. The topological polar surface area (TPSA) is 67.4 Å². The molecule has 1 aliphatic rings. The number of carbonyl (C=O) groups is 1. The van der Waals surface area contributed by atoms with Crippen LogP contribution in [0.15, 0.2) is 41.7 Å². The van der Waals surface area contributed by atoms with E-state index in [0.717, 1.165) is 53.7 Å². The number of amides is 1. The van der Waals surface area contributed by atoms with Crippen LogP contribution in [0.2, 0.25) is 0 Å². The van der Waals surface area contributed by atoms with Crippen LogP contribution in [-0.4, -0.2) is 59.4 Å². The minimum Gasteiger partial charge on any atom is -0.379 e. The lowest BCUT2D eigenvalue weighted by atomic mass is 10.1. The van der Waals surface area contributed by atoms with Gasteiger partial charge in [0.25, 0.3) is 0 Å². The average molecular weight is 443 g/mol. The highest BCUT2D eigenvalue weighted by Gasteiger charge is 2.21. The molecule has 0 spiro atoms. The third-order valence-electron chi connectivity index (χ3n) is 5.35. The molecule has 8 heteroatoms. The van der Waals surface area contributed by atoms with Gasteiger partial charge in [0, 0.05) is 29.9 Å². The molecule has 30 heavy (non-hydrogen) atoms. The summed E-state index contributed by atoms with van der Waals surface area (Å²) in [5.41, 5.74) is 2.32. The Kier molecular flexibility index (Phi) is 6.99. The molecular formula is C22H26N4O2S2. The number of aryl methyl sites for hydroxylation is 2. The fourth-order valence-corrected chi connectivity index (χ4v) is 5.52. The Bertz CT molecular complexity index is 1000. The summed E-state index contributed by atoms with van der Waals surface area (Å²) in [4.78, 5) is 26.2. The van der Waals surface area contributed by atoms with Gasteiger partial charge in [-0.3, -0.25) is 9.69 Å². The summed E-state index contributed by atoms with van der Waals surface area (Å²) in [6, 6.07) is 10.1. The van der Waals surface area contributed by atoms with Gasteiger partial charge in [-0.05, 0) is 25.0 Å². The maximum atomic E-state index is 12.9. The second-order valence-corrected chi connectivity index (χ2v) is 9.54. The fraction of sp³-hybridized carbons (Fsp3) is 0.409. The predicted octanol–water partition coefficient (Wildman–Crippen LogP) is 3.59. The van der Waals surface area contributed by atoms with Gasteiger partial charge >= 0.3 is 0 Å². The van der Waals surface area contributed by atoms with Gasteiger partial charge < -0.3 is 10.1 Å². The minimum atomic E-state index is -0.0482. The highest BCUT2D eigenvalue weighted by atomic mass is 32.2. The van der Waals surface area contributed by atoms with E-state index in [1.807, 2.05) is 18.2 Å². The van der Waals surface area contributed by atoms with Crippen molar-refractivity contribution in [2.75, 3.05) is 38.6 Å². The van der Waals surface area contributed by atoms with Crippen molar-refractivity contribution in [1.29, 1.82) is 0 Å². The standard InChI is InChI=1S/C22H26N4O2S2/c1-15-16(2)30-22-20(15)21(23-14-24-22)29-13-19(27)25-18(17-6-4-3-5-7-17)12-26-8-10-28-11-9-26/h3-7,14,18H,8-13H2,1-2H3,(H,25,27). The van der Waals surface area contributed by atoms with Crippen molar-refractivity contribution in [3.8, 4) is 0 Å². The van der Waals surface area contributed by atoms with E-state index in [-0.39, 0.29) is 11.9 Å². The molecule has 1 amide bonds. The first kappa shape index (κ1) is 21.2. The number of rotatable bonds is 7. The normalized spacial score (nSPS) is 15.9. The Labute approximate surface area is 185 Å². The summed E-state index contributed by atoms with van der Waals surface area (Å²) in [6.07, 6.45) is 1.59. The first-order chi connectivity index (χ1) is 14.6. The Morgan fingerprint density at radius 1 is 1.23 bits per heavy atom. The molecule has 1 aromatic carbocycles. The van der Waals surface area contributed by atoms with Crippen molar-refractivity contribution in [3.63, 3.8) is 0 Å². The van der Waals surface area contributed by atoms with Gasteiger partial charge in [0.05, 0.1) is 25.0 Å². The van der Waals surface area contributed by atoms with E-state index < -0.39 is 0 Å². The Balaban J connectivity index is 1.44. The third-order valence-corrected chi connectivity index (χ3v) is 7.46. The minimum absolute atomic E-state index is 0.0125. The van der Waals surface area contributed by atoms with E-state index in [0.29, 0.717) is 5.75 Å². The highest BCUT2D eigenvalue weighted by Crippen LogP contribution is 2.34. The maximum absolute atomic E-state index is 12.9. The Morgan fingerprint density at radius 3 is 2.77 bits per heavy atom. The number of benzene rings is 1. The zero-order valence-corrected chi connectivity index (χ0v) is 18.9. The Hall–Kier alpha value is -2.00. The van der Waals surface area contributed by atoms with Crippen LogP contribution in [0.4, 0.5) is 0 Å². The summed E-state index contributed by atoms with van der Waals surface area (Å²) in [5.74, 6) is 0.339. The van der Waals surface area contributed by atoms with Crippen LogP contribution in [0, 0.1) is 13.8 Å². The lowest BCUT2D eigenvalue weighted by Crippen LogP contribution is -2.43. The second-order valence-electron chi connectivity index (χ2n) is 7.37. The lowest BCUT2D eigenvalue weighted by molar-refractivity contribution is -0.119. The third kappa shape index (κ3) is 5.00. The van der Waals surface area contributed by atoms with Crippen LogP contribution in [0.5, 0.6) is 0 Å². The van der Waals surface area contributed by atoms with E-state index in [9.17, 15) is 4.79 Å². The van der Waals surface area contributed by atoms with Crippen molar-refractivity contribution in [1.82, 2.24) is 20.2 Å². The zero-order chi connectivity index (χ0) is 20.9. The summed E-state index contributed by atoms with van der Waals surface area (Å²) < 4.78 is 5.46. The molecule has 1 aliphatic heterocycles. The van der Waals surface area contributed by atoms with Gasteiger partial charge in [-0.2, -0.15) is 0 Å². The van der Waals surface area contributed by atoms with Crippen molar-refractivity contribution < 1.29 is 9.53 Å². The molecule has 3 aromatic rings. The molecule has 6 nitrogen and oxygen atoms in total. The van der Waals surface area contributed by atoms with Gasteiger partial charge in [0.15, 0.2) is 0 Å². The van der Waals surface area contributed by atoms with Crippen LogP contribution in [-0.2, 0) is 9.53 Å². The van der Waals surface area contributed by atoms with Crippen LogP contribution >= 0.6 is 23.1 Å². The second kappa shape index (κ2) is 9.87. The van der Waals surface area contributed by atoms with Gasteiger partial charge in [0.2, 0.25) is 5.91 Å². The number of hydrogen-bond acceptors (Lipinski definition) is 7. The molecule has 1 N–H and O–H groups in total. The maximum Gasteiger partial charge on any atom is 0.230 e. The van der Waals surface area contributed by atoms with Crippen molar-refractivity contribution in [3.05, 3.63) is 52.7 Å². The van der Waals surface area contributed by atoms with Crippen molar-refractivity contribution in [2.24, 2.45) is 0 Å². The largest absolute Gasteiger partial charge is 0.379 e. The molecule has 1 saturated heterocycles. The van der Waals surface area contributed by atoms with E-state index in [2.05, 4.69) is 46.2 Å². The number of nitrogens with zero attached hydrogens (tertiary/aromatic N) is 3. The first-order valence-corrected chi connectivity index (χ1v) is 11.9. The number of thioether (sulfide) groups is 1. The molecule has 0 radical (unpaired) electrons. The molecule has 3 heterocycles. The number of hydrogen-bond donors (Lipinski definition) is 1. The molecule has 0 bridgehead atoms. The quantitative estimate of drug-likeness (QED) is 0.446. The molecule has 0 aliphatic carbocycles. The SMILES string of the molecule is Cc1sc2ncnc(SCC(=O)NC(CN3CCOCC3)c3ccccc3)c2c1C. The van der Waals surface area contributed by atoms with E-state index >= 15 is 0 Å². The average Bonchev–Trinajstić information content (AvgIpc) is 3.07. The summed E-state index contributed by atoms with van der Waals surface area (Å²) in [7, 11) is 0. The zero-order valence-electron chi connectivity index (χ0n) is 17.3. The summed E-state index contributed by atoms with van der Waals surface area (Å²) in [6.45, 7) is 8.24. The number of ether oxygens (including phenoxy) is 1. The molecule has 2 aromatic heterocycles. The number of aromatic nitrogens is 2. The summed E-state index contributed by atoms with van der Waals surface area (Å²) in [5, 5.41) is 5.19. The van der Waals surface area contributed by atoms with Crippen LogP contribution in [0.1, 0.15) is 22.0 Å². The monoisotopic (exact) mass is 442 g/mol. The van der Waals surface area contributed by atoms with E-state index in [4.69, 9.17) is 4.74 Å². The number of carbonyl (C=O) groups excluding carboxylic acids is 1.